The minimum Gasteiger partial charge on any atom is -0.361 e. The zero-order chi connectivity index (χ0) is 13.8. The number of carbonyl (C=O) groups is 1. The van der Waals surface area contributed by atoms with Crippen LogP contribution in [0.5, 0.6) is 0 Å². The van der Waals surface area contributed by atoms with Crippen molar-refractivity contribution in [2.75, 3.05) is 7.05 Å². The molecule has 0 atom stereocenters. The Labute approximate surface area is 112 Å². The second kappa shape index (κ2) is 5.73. The Bertz CT molecular complexity index is 557. The molecule has 0 fully saturated rings. The first-order chi connectivity index (χ1) is 9.06. The fourth-order valence-corrected chi connectivity index (χ4v) is 2.01. The molecule has 0 spiro atoms. The van der Waals surface area contributed by atoms with E-state index in [0.717, 1.165) is 17.9 Å². The number of carbonyl (C=O) groups excluding carboxylic acids is 1. The molecule has 0 N–H and O–H groups in total. The molecule has 2 aromatic heterocycles. The largest absolute Gasteiger partial charge is 0.361 e. The lowest BCUT2D eigenvalue weighted by Gasteiger charge is -2.15. The summed E-state index contributed by atoms with van der Waals surface area (Å²) in [6, 6.07) is 5.87. The Hall–Kier alpha value is -2.04. The molecule has 1 amide bonds. The summed E-state index contributed by atoms with van der Waals surface area (Å²) < 4.78 is 7.02. The number of amides is 1. The second-order valence-corrected chi connectivity index (χ2v) is 4.79. The van der Waals surface area contributed by atoms with Crippen LogP contribution in [-0.2, 0) is 24.8 Å². The molecule has 0 saturated heterocycles. The molecule has 2 aromatic rings. The monoisotopic (exact) mass is 261 g/mol. The molecule has 0 aliphatic heterocycles. The summed E-state index contributed by atoms with van der Waals surface area (Å²) in [4.78, 5) is 13.7. The van der Waals surface area contributed by atoms with Crippen molar-refractivity contribution in [3.8, 4) is 0 Å². The van der Waals surface area contributed by atoms with Gasteiger partial charge in [0.05, 0.1) is 6.54 Å². The van der Waals surface area contributed by atoms with Crippen LogP contribution in [0.15, 0.2) is 28.9 Å². The molecule has 0 aliphatic carbocycles. The van der Waals surface area contributed by atoms with Crippen molar-refractivity contribution in [3.63, 3.8) is 0 Å². The predicted octanol–water partition coefficient (Wildman–Crippen LogP) is 1.91. The molecular weight excluding hydrogens is 242 g/mol. The van der Waals surface area contributed by atoms with E-state index in [1.807, 2.05) is 42.9 Å². The van der Waals surface area contributed by atoms with Crippen LogP contribution in [-0.4, -0.2) is 27.6 Å². The highest BCUT2D eigenvalue weighted by Gasteiger charge is 2.12. The number of rotatable bonds is 5. The van der Waals surface area contributed by atoms with Gasteiger partial charge in [-0.3, -0.25) is 4.79 Å². The van der Waals surface area contributed by atoms with Gasteiger partial charge in [-0.2, -0.15) is 0 Å². The van der Waals surface area contributed by atoms with Gasteiger partial charge in [-0.15, -0.1) is 0 Å². The van der Waals surface area contributed by atoms with Crippen molar-refractivity contribution in [2.45, 2.75) is 26.3 Å². The molecule has 5 nitrogen and oxygen atoms in total. The molecule has 0 saturated carbocycles. The highest BCUT2D eigenvalue weighted by atomic mass is 16.5. The fraction of sp³-hybridized carbons (Fsp3) is 0.429. The van der Waals surface area contributed by atoms with Crippen LogP contribution < -0.4 is 0 Å². The van der Waals surface area contributed by atoms with Gasteiger partial charge in [0.2, 0.25) is 5.91 Å². The summed E-state index contributed by atoms with van der Waals surface area (Å²) in [5, 5.41) is 3.89. The van der Waals surface area contributed by atoms with E-state index in [4.69, 9.17) is 4.52 Å². The topological polar surface area (TPSA) is 51.3 Å². The molecule has 0 bridgehead atoms. The van der Waals surface area contributed by atoms with Crippen LogP contribution >= 0.6 is 0 Å². The van der Waals surface area contributed by atoms with E-state index < -0.39 is 0 Å². The molecule has 2 rings (SSSR count). The van der Waals surface area contributed by atoms with Crippen LogP contribution in [0.2, 0.25) is 0 Å². The third kappa shape index (κ3) is 3.47. The summed E-state index contributed by atoms with van der Waals surface area (Å²) in [7, 11) is 3.78. The summed E-state index contributed by atoms with van der Waals surface area (Å²) in [5.41, 5.74) is 1.95. The zero-order valence-corrected chi connectivity index (χ0v) is 11.6. The standard InChI is InChI=1S/C14H19N3O2/c1-11-9-12(15-19-11)10-17(3)14(18)7-6-13-5-4-8-16(13)2/h4-5,8-9H,6-7,10H2,1-3H3. The molecule has 0 aliphatic rings. The highest BCUT2D eigenvalue weighted by molar-refractivity contribution is 5.76. The molecule has 0 aromatic carbocycles. The highest BCUT2D eigenvalue weighted by Crippen LogP contribution is 2.08. The van der Waals surface area contributed by atoms with Crippen molar-refractivity contribution in [1.82, 2.24) is 14.6 Å². The maximum Gasteiger partial charge on any atom is 0.223 e. The predicted molar refractivity (Wildman–Crippen MR) is 71.4 cm³/mol. The van der Waals surface area contributed by atoms with Gasteiger partial charge in [0, 0.05) is 38.5 Å². The Kier molecular flexibility index (Phi) is 4.04. The normalized spacial score (nSPS) is 10.7. The number of aromatic nitrogens is 2. The molecular formula is C14H19N3O2. The first kappa shape index (κ1) is 13.4. The molecule has 0 radical (unpaired) electrons. The van der Waals surface area contributed by atoms with Crippen LogP contribution in [0.3, 0.4) is 0 Å². The number of hydrogen-bond acceptors (Lipinski definition) is 3. The van der Waals surface area contributed by atoms with Crippen LogP contribution in [0.4, 0.5) is 0 Å². The summed E-state index contributed by atoms with van der Waals surface area (Å²) >= 11 is 0. The third-order valence-electron chi connectivity index (χ3n) is 3.15. The minimum atomic E-state index is 0.113. The van der Waals surface area contributed by atoms with Crippen molar-refractivity contribution in [2.24, 2.45) is 7.05 Å². The summed E-state index contributed by atoms with van der Waals surface area (Å²) in [6.07, 6.45) is 3.25. The Morgan fingerprint density at radius 2 is 2.32 bits per heavy atom. The van der Waals surface area contributed by atoms with Gasteiger partial charge >= 0.3 is 0 Å². The van der Waals surface area contributed by atoms with E-state index in [2.05, 4.69) is 5.16 Å². The maximum absolute atomic E-state index is 12.0. The van der Waals surface area contributed by atoms with Gasteiger partial charge < -0.3 is 14.0 Å². The molecule has 19 heavy (non-hydrogen) atoms. The second-order valence-electron chi connectivity index (χ2n) is 4.79. The van der Waals surface area contributed by atoms with Gasteiger partial charge in [-0.25, -0.2) is 0 Å². The van der Waals surface area contributed by atoms with Gasteiger partial charge in [-0.1, -0.05) is 5.16 Å². The minimum absolute atomic E-state index is 0.113. The zero-order valence-electron chi connectivity index (χ0n) is 11.6. The SMILES string of the molecule is Cc1cc(CN(C)C(=O)CCc2cccn2C)no1. The maximum atomic E-state index is 12.0. The molecule has 5 heteroatoms. The average Bonchev–Trinajstić information content (AvgIpc) is 2.95. The fourth-order valence-electron chi connectivity index (χ4n) is 2.01. The third-order valence-corrected chi connectivity index (χ3v) is 3.15. The van der Waals surface area contributed by atoms with E-state index in [0.29, 0.717) is 13.0 Å². The van der Waals surface area contributed by atoms with E-state index in [1.54, 1.807) is 11.9 Å². The van der Waals surface area contributed by atoms with Crippen molar-refractivity contribution < 1.29 is 9.32 Å². The van der Waals surface area contributed by atoms with Gasteiger partial charge in [0.15, 0.2) is 0 Å². The first-order valence-electron chi connectivity index (χ1n) is 6.32. The van der Waals surface area contributed by atoms with Crippen LogP contribution in [0.1, 0.15) is 23.6 Å². The van der Waals surface area contributed by atoms with Crippen molar-refractivity contribution in [1.29, 1.82) is 0 Å². The average molecular weight is 261 g/mol. The lowest BCUT2D eigenvalue weighted by molar-refractivity contribution is -0.130. The number of hydrogen-bond donors (Lipinski definition) is 0. The van der Waals surface area contributed by atoms with E-state index in [-0.39, 0.29) is 5.91 Å². The van der Waals surface area contributed by atoms with Gasteiger partial charge in [-0.05, 0) is 25.5 Å². The van der Waals surface area contributed by atoms with Gasteiger partial charge in [0.1, 0.15) is 11.5 Å². The summed E-state index contributed by atoms with van der Waals surface area (Å²) in [6.45, 7) is 2.33. The number of nitrogens with zero attached hydrogens (tertiary/aromatic N) is 3. The molecule has 0 unspecified atom stereocenters. The smallest absolute Gasteiger partial charge is 0.223 e. The lowest BCUT2D eigenvalue weighted by Crippen LogP contribution is -2.26. The Morgan fingerprint density at radius 1 is 1.53 bits per heavy atom. The Morgan fingerprint density at radius 3 is 2.89 bits per heavy atom. The van der Waals surface area contributed by atoms with Gasteiger partial charge in [0.25, 0.3) is 0 Å². The molecule has 2 heterocycles. The Balaban J connectivity index is 1.84. The quantitative estimate of drug-likeness (QED) is 0.826. The van der Waals surface area contributed by atoms with Crippen molar-refractivity contribution in [3.05, 3.63) is 41.5 Å². The molecule has 102 valence electrons. The van der Waals surface area contributed by atoms with Crippen LogP contribution in [0.25, 0.3) is 0 Å². The van der Waals surface area contributed by atoms with E-state index in [9.17, 15) is 4.79 Å². The van der Waals surface area contributed by atoms with Crippen LogP contribution in [0, 0.1) is 6.92 Å². The first-order valence-corrected chi connectivity index (χ1v) is 6.32. The lowest BCUT2D eigenvalue weighted by atomic mass is 10.2. The summed E-state index contributed by atoms with van der Waals surface area (Å²) in [5.74, 6) is 0.876. The van der Waals surface area contributed by atoms with E-state index >= 15 is 0 Å². The van der Waals surface area contributed by atoms with Crippen molar-refractivity contribution >= 4 is 5.91 Å². The van der Waals surface area contributed by atoms with E-state index in [1.165, 1.54) is 5.69 Å². The number of aryl methyl sites for hydroxylation is 3.